The van der Waals surface area contributed by atoms with Crippen LogP contribution in [0.25, 0.3) is 11.1 Å². The van der Waals surface area contributed by atoms with Gasteiger partial charge in [-0.1, -0.05) is 112 Å². The van der Waals surface area contributed by atoms with Crippen LogP contribution in [0.15, 0.2) is 85.0 Å². The van der Waals surface area contributed by atoms with Gasteiger partial charge in [0.2, 0.25) is 0 Å². The first-order valence-corrected chi connectivity index (χ1v) is 11.8. The molecule has 0 bridgehead atoms. The van der Waals surface area contributed by atoms with Gasteiger partial charge in [0.15, 0.2) is 0 Å². The van der Waals surface area contributed by atoms with Gasteiger partial charge in [0.25, 0.3) is 0 Å². The van der Waals surface area contributed by atoms with Gasteiger partial charge in [0.1, 0.15) is 0 Å². The molecule has 1 fully saturated rings. The number of fused-ring (bicyclic) bond motifs is 3. The predicted octanol–water partition coefficient (Wildman–Crippen LogP) is 8.39. The molecule has 0 aliphatic heterocycles. The summed E-state index contributed by atoms with van der Waals surface area (Å²) in [7, 11) is 0. The van der Waals surface area contributed by atoms with Crippen LogP contribution in [-0.4, -0.2) is 0 Å². The lowest BCUT2D eigenvalue weighted by Crippen LogP contribution is -2.53. The summed E-state index contributed by atoms with van der Waals surface area (Å²) in [5.41, 5.74) is 7.74. The Morgan fingerprint density at radius 2 is 1.47 bits per heavy atom. The quantitative estimate of drug-likeness (QED) is 0.447. The molecule has 1 saturated carbocycles. The molecule has 0 spiro atoms. The summed E-state index contributed by atoms with van der Waals surface area (Å²) in [5.74, 6) is 0. The highest BCUT2D eigenvalue weighted by atomic mass is 14.6. The first-order chi connectivity index (χ1) is 14.6. The lowest BCUT2D eigenvalue weighted by molar-refractivity contribution is 0.0174. The molecule has 0 nitrogen and oxygen atoms in total. The highest BCUT2D eigenvalue weighted by Gasteiger charge is 2.61. The first kappa shape index (κ1) is 19.6. The van der Waals surface area contributed by atoms with Crippen molar-refractivity contribution in [1.82, 2.24) is 0 Å². The molecule has 2 aromatic rings. The monoisotopic (exact) mass is 394 g/mol. The minimum atomic E-state index is 0.0179. The van der Waals surface area contributed by atoms with E-state index in [4.69, 9.17) is 0 Å². The normalized spacial score (nSPS) is 25.5. The Hall–Kier alpha value is -2.34. The van der Waals surface area contributed by atoms with Gasteiger partial charge in [-0.05, 0) is 53.4 Å². The minimum Gasteiger partial charge on any atom is -0.103 e. The zero-order valence-electron chi connectivity index (χ0n) is 18.6. The van der Waals surface area contributed by atoms with Crippen molar-refractivity contribution in [2.45, 2.75) is 64.2 Å². The van der Waals surface area contributed by atoms with Crippen LogP contribution in [0.2, 0.25) is 0 Å². The van der Waals surface area contributed by atoms with Gasteiger partial charge in [-0.25, -0.2) is 0 Å². The summed E-state index contributed by atoms with van der Waals surface area (Å²) < 4.78 is 0. The SMILES string of the molecule is C=CCCC1=CC(C)(C2(C3(C)c4ccccc4-c4ccccc43)CCCCC2)C=C1. The van der Waals surface area contributed by atoms with E-state index < -0.39 is 0 Å². The second-order valence-electron chi connectivity index (χ2n) is 10.0. The van der Waals surface area contributed by atoms with Crippen molar-refractivity contribution in [3.8, 4) is 11.1 Å². The second-order valence-corrected chi connectivity index (χ2v) is 10.0. The summed E-state index contributed by atoms with van der Waals surface area (Å²) in [6, 6.07) is 18.4. The van der Waals surface area contributed by atoms with Gasteiger partial charge in [0, 0.05) is 10.8 Å². The molecule has 0 amide bonds. The number of hydrogen-bond donors (Lipinski definition) is 0. The topological polar surface area (TPSA) is 0 Å². The maximum atomic E-state index is 3.93. The Kier molecular flexibility index (Phi) is 4.65. The van der Waals surface area contributed by atoms with Gasteiger partial charge in [0.05, 0.1) is 0 Å². The molecule has 5 rings (SSSR count). The summed E-state index contributed by atoms with van der Waals surface area (Å²) in [4.78, 5) is 0. The fourth-order valence-electron chi connectivity index (χ4n) is 7.18. The van der Waals surface area contributed by atoms with Gasteiger partial charge < -0.3 is 0 Å². The molecule has 3 aliphatic rings. The Balaban J connectivity index is 1.74. The molecule has 0 saturated heterocycles. The van der Waals surface area contributed by atoms with Crippen molar-refractivity contribution in [2.75, 3.05) is 0 Å². The average Bonchev–Trinajstić information content (AvgIpc) is 3.31. The molecule has 0 heterocycles. The predicted molar refractivity (Wildman–Crippen MR) is 129 cm³/mol. The van der Waals surface area contributed by atoms with E-state index in [-0.39, 0.29) is 16.2 Å². The van der Waals surface area contributed by atoms with Gasteiger partial charge >= 0.3 is 0 Å². The summed E-state index contributed by atoms with van der Waals surface area (Å²) in [6.45, 7) is 9.02. The van der Waals surface area contributed by atoms with E-state index in [1.54, 1.807) is 0 Å². The third kappa shape index (κ3) is 2.52. The van der Waals surface area contributed by atoms with Crippen molar-refractivity contribution < 1.29 is 0 Å². The average molecular weight is 395 g/mol. The van der Waals surface area contributed by atoms with Crippen LogP contribution in [-0.2, 0) is 5.41 Å². The summed E-state index contributed by atoms with van der Waals surface area (Å²) in [6.07, 6.45) is 18.4. The van der Waals surface area contributed by atoms with Gasteiger partial charge in [-0.3, -0.25) is 0 Å². The second kappa shape index (κ2) is 7.12. The minimum absolute atomic E-state index is 0.0179. The molecule has 1 unspecified atom stereocenters. The Bertz CT molecular complexity index is 982. The smallest absolute Gasteiger partial charge is 0.0254 e. The Morgan fingerprint density at radius 1 is 0.867 bits per heavy atom. The molecule has 30 heavy (non-hydrogen) atoms. The molecule has 0 aromatic heterocycles. The molecule has 0 N–H and O–H groups in total. The maximum absolute atomic E-state index is 3.93. The fourth-order valence-corrected chi connectivity index (χ4v) is 7.18. The van der Waals surface area contributed by atoms with E-state index in [1.807, 2.05) is 6.08 Å². The highest BCUT2D eigenvalue weighted by molar-refractivity contribution is 5.81. The number of hydrogen-bond acceptors (Lipinski definition) is 0. The summed E-state index contributed by atoms with van der Waals surface area (Å²) >= 11 is 0. The van der Waals surface area contributed by atoms with E-state index in [9.17, 15) is 0 Å². The number of benzene rings is 2. The van der Waals surface area contributed by atoms with Crippen LogP contribution < -0.4 is 0 Å². The molecule has 0 heteroatoms. The molecule has 2 aromatic carbocycles. The first-order valence-electron chi connectivity index (χ1n) is 11.8. The van der Waals surface area contributed by atoms with Crippen molar-refractivity contribution in [3.05, 3.63) is 96.1 Å². The molecule has 1 atom stereocenters. The van der Waals surface area contributed by atoms with Crippen LogP contribution in [0.4, 0.5) is 0 Å². The fraction of sp³-hybridized carbons (Fsp3) is 0.400. The van der Waals surface area contributed by atoms with Crippen molar-refractivity contribution in [1.29, 1.82) is 0 Å². The Morgan fingerprint density at radius 3 is 2.07 bits per heavy atom. The van der Waals surface area contributed by atoms with E-state index in [0.717, 1.165) is 12.8 Å². The number of allylic oxidation sites excluding steroid dienone is 5. The third-order valence-electron chi connectivity index (χ3n) is 8.68. The molecular formula is C30H34. The Labute approximate surface area is 182 Å². The van der Waals surface area contributed by atoms with Gasteiger partial charge in [-0.15, -0.1) is 6.58 Å². The van der Waals surface area contributed by atoms with E-state index in [0.29, 0.717) is 0 Å². The molecule has 0 radical (unpaired) electrons. The highest BCUT2D eigenvalue weighted by Crippen LogP contribution is 2.68. The zero-order chi connectivity index (χ0) is 20.8. The number of rotatable bonds is 5. The third-order valence-corrected chi connectivity index (χ3v) is 8.68. The van der Waals surface area contributed by atoms with Crippen LogP contribution in [0, 0.1) is 10.8 Å². The standard InChI is InChI=1S/C30H34/c1-4-5-13-23-18-21-28(2,22-23)30(19-11-6-12-20-30)29(3)26-16-9-7-14-24(26)25-15-8-10-17-27(25)29/h4,7-10,14-18,21-22H,1,5-6,11-13,19-20H2,2-3H3. The zero-order valence-corrected chi connectivity index (χ0v) is 18.6. The van der Waals surface area contributed by atoms with E-state index in [2.05, 4.69) is 87.2 Å². The van der Waals surface area contributed by atoms with Crippen LogP contribution in [0.5, 0.6) is 0 Å². The molecule has 154 valence electrons. The lowest BCUT2D eigenvalue weighted by atomic mass is 9.45. The lowest BCUT2D eigenvalue weighted by Gasteiger charge is -2.58. The maximum Gasteiger partial charge on any atom is 0.0254 e. The largest absolute Gasteiger partial charge is 0.103 e. The van der Waals surface area contributed by atoms with Crippen LogP contribution in [0.3, 0.4) is 0 Å². The molecule has 3 aliphatic carbocycles. The van der Waals surface area contributed by atoms with E-state index in [1.165, 1.54) is 59.9 Å². The van der Waals surface area contributed by atoms with E-state index >= 15 is 0 Å². The van der Waals surface area contributed by atoms with Crippen molar-refractivity contribution in [3.63, 3.8) is 0 Å². The van der Waals surface area contributed by atoms with Crippen LogP contribution >= 0.6 is 0 Å². The van der Waals surface area contributed by atoms with Gasteiger partial charge in [-0.2, -0.15) is 0 Å². The van der Waals surface area contributed by atoms with Crippen molar-refractivity contribution in [2.24, 2.45) is 10.8 Å². The molecular weight excluding hydrogens is 360 g/mol. The van der Waals surface area contributed by atoms with Crippen LogP contribution in [0.1, 0.15) is 69.9 Å². The summed E-state index contributed by atoms with van der Waals surface area (Å²) in [5, 5.41) is 0. The van der Waals surface area contributed by atoms with Crippen molar-refractivity contribution >= 4 is 0 Å².